The number of carbonyl (C=O) groups excluding carboxylic acids is 2. The van der Waals surface area contributed by atoms with Gasteiger partial charge in [-0.05, 0) is 61.7 Å². The van der Waals surface area contributed by atoms with Gasteiger partial charge in [0.25, 0.3) is 5.91 Å². The summed E-state index contributed by atoms with van der Waals surface area (Å²) >= 11 is 3.17. The summed E-state index contributed by atoms with van der Waals surface area (Å²) in [5, 5.41) is 2.92. The van der Waals surface area contributed by atoms with Gasteiger partial charge in [-0.25, -0.2) is 4.79 Å². The van der Waals surface area contributed by atoms with Gasteiger partial charge in [-0.3, -0.25) is 4.79 Å². The summed E-state index contributed by atoms with van der Waals surface area (Å²) in [5.74, 6) is 0.0443. The van der Waals surface area contributed by atoms with Gasteiger partial charge in [-0.1, -0.05) is 0 Å². The molecule has 1 aromatic heterocycles. The number of carbonyl (C=O) groups is 2. The van der Waals surface area contributed by atoms with Crippen molar-refractivity contribution in [2.45, 2.75) is 45.3 Å². The van der Waals surface area contributed by atoms with E-state index in [1.165, 1.54) is 0 Å². The number of furan rings is 1. The van der Waals surface area contributed by atoms with Gasteiger partial charge in [0.15, 0.2) is 10.4 Å². The molecule has 1 aliphatic heterocycles. The van der Waals surface area contributed by atoms with Crippen molar-refractivity contribution >= 4 is 27.9 Å². The Kier molecular flexibility index (Phi) is 5.16. The minimum Gasteiger partial charge on any atom is -0.444 e. The van der Waals surface area contributed by atoms with Crippen LogP contribution in [0.15, 0.2) is 21.2 Å². The smallest absolute Gasteiger partial charge is 0.410 e. The van der Waals surface area contributed by atoms with Gasteiger partial charge in [0, 0.05) is 19.1 Å². The number of nitrogens with zero attached hydrogens (tertiary/aromatic N) is 1. The summed E-state index contributed by atoms with van der Waals surface area (Å²) in [6.45, 7) is 6.68. The lowest BCUT2D eigenvalue weighted by Crippen LogP contribution is -2.47. The number of amides is 2. The highest BCUT2D eigenvalue weighted by molar-refractivity contribution is 9.10. The van der Waals surface area contributed by atoms with Crippen LogP contribution in [0.2, 0.25) is 0 Å². The fraction of sp³-hybridized carbons (Fsp3) is 0.600. The highest BCUT2D eigenvalue weighted by Crippen LogP contribution is 2.17. The van der Waals surface area contributed by atoms with Gasteiger partial charge in [-0.2, -0.15) is 0 Å². The summed E-state index contributed by atoms with van der Waals surface area (Å²) in [4.78, 5) is 25.6. The molecule has 22 heavy (non-hydrogen) atoms. The fourth-order valence-corrected chi connectivity index (χ4v) is 2.53. The Morgan fingerprint density at radius 2 is 1.95 bits per heavy atom. The van der Waals surface area contributed by atoms with Gasteiger partial charge < -0.3 is 19.4 Å². The van der Waals surface area contributed by atoms with Crippen LogP contribution in [0.25, 0.3) is 0 Å². The minimum absolute atomic E-state index is 0.0371. The molecule has 1 fully saturated rings. The highest BCUT2D eigenvalue weighted by Gasteiger charge is 2.28. The lowest BCUT2D eigenvalue weighted by Gasteiger charge is -2.33. The average molecular weight is 373 g/mol. The van der Waals surface area contributed by atoms with Crippen LogP contribution in [0.1, 0.15) is 44.2 Å². The quantitative estimate of drug-likeness (QED) is 0.865. The van der Waals surface area contributed by atoms with Gasteiger partial charge in [-0.15, -0.1) is 0 Å². The zero-order valence-electron chi connectivity index (χ0n) is 13.0. The second kappa shape index (κ2) is 6.73. The van der Waals surface area contributed by atoms with Crippen LogP contribution in [0.3, 0.4) is 0 Å². The SMILES string of the molecule is CC(C)(C)OC(=O)N1CCC(NC(=O)c2ccc(Br)o2)CC1. The third kappa shape index (κ3) is 4.76. The van der Waals surface area contributed by atoms with E-state index >= 15 is 0 Å². The molecule has 1 N–H and O–H groups in total. The summed E-state index contributed by atoms with van der Waals surface area (Å²) in [5.41, 5.74) is -0.491. The van der Waals surface area contributed by atoms with Crippen LogP contribution >= 0.6 is 15.9 Å². The molecule has 7 heteroatoms. The molecule has 0 aliphatic carbocycles. The average Bonchev–Trinajstić information content (AvgIpc) is 2.84. The molecule has 2 rings (SSSR count). The van der Waals surface area contributed by atoms with Gasteiger partial charge >= 0.3 is 6.09 Å². The lowest BCUT2D eigenvalue weighted by molar-refractivity contribution is 0.0199. The Morgan fingerprint density at radius 1 is 1.32 bits per heavy atom. The summed E-state index contributed by atoms with van der Waals surface area (Å²) in [6.07, 6.45) is 1.10. The summed E-state index contributed by atoms with van der Waals surface area (Å²) in [6, 6.07) is 3.34. The molecule has 1 aromatic rings. The van der Waals surface area contributed by atoms with Crippen molar-refractivity contribution in [2.75, 3.05) is 13.1 Å². The standard InChI is InChI=1S/C15H21BrN2O4/c1-15(2,3)22-14(20)18-8-6-10(7-9-18)17-13(19)11-4-5-12(16)21-11/h4-5,10H,6-9H2,1-3H3,(H,17,19). The monoisotopic (exact) mass is 372 g/mol. The van der Waals surface area contributed by atoms with Crippen LogP contribution < -0.4 is 5.32 Å². The Bertz CT molecular complexity index is 542. The van der Waals surface area contributed by atoms with Gasteiger partial charge in [0.2, 0.25) is 0 Å². The first kappa shape index (κ1) is 16.9. The third-order valence-corrected chi connectivity index (χ3v) is 3.71. The van der Waals surface area contributed by atoms with Crippen molar-refractivity contribution in [2.24, 2.45) is 0 Å². The molecule has 6 nitrogen and oxygen atoms in total. The lowest BCUT2D eigenvalue weighted by atomic mass is 10.1. The zero-order chi connectivity index (χ0) is 16.3. The van der Waals surface area contributed by atoms with Crippen LogP contribution in [-0.4, -0.2) is 41.6 Å². The van der Waals surface area contributed by atoms with Crippen molar-refractivity contribution in [3.05, 3.63) is 22.6 Å². The van der Waals surface area contributed by atoms with Gasteiger partial charge in [0.1, 0.15) is 5.60 Å². The molecule has 2 heterocycles. The van der Waals surface area contributed by atoms with Crippen molar-refractivity contribution in [1.82, 2.24) is 10.2 Å². The Hall–Kier alpha value is -1.50. The maximum atomic E-state index is 12.0. The first-order chi connectivity index (χ1) is 10.2. The van der Waals surface area contributed by atoms with Crippen LogP contribution in [0, 0.1) is 0 Å². The molecule has 0 atom stereocenters. The first-order valence-corrected chi connectivity index (χ1v) is 8.08. The molecule has 0 saturated carbocycles. The van der Waals surface area contributed by atoms with E-state index in [4.69, 9.17) is 9.15 Å². The van der Waals surface area contributed by atoms with Crippen molar-refractivity contribution in [3.63, 3.8) is 0 Å². The van der Waals surface area contributed by atoms with E-state index in [2.05, 4.69) is 21.2 Å². The van der Waals surface area contributed by atoms with Crippen molar-refractivity contribution in [1.29, 1.82) is 0 Å². The topological polar surface area (TPSA) is 71.8 Å². The number of piperidine rings is 1. The number of likely N-dealkylation sites (tertiary alicyclic amines) is 1. The van der Waals surface area contributed by atoms with Crippen LogP contribution in [-0.2, 0) is 4.74 Å². The molecule has 1 saturated heterocycles. The van der Waals surface area contributed by atoms with E-state index in [1.54, 1.807) is 17.0 Å². The maximum Gasteiger partial charge on any atom is 0.410 e. The van der Waals surface area contributed by atoms with Crippen LogP contribution in [0.4, 0.5) is 4.79 Å². The summed E-state index contributed by atoms with van der Waals surface area (Å²) < 4.78 is 11.1. The Morgan fingerprint density at radius 3 is 2.45 bits per heavy atom. The Balaban J connectivity index is 1.80. The number of nitrogens with one attached hydrogen (secondary N) is 1. The largest absolute Gasteiger partial charge is 0.444 e. The molecule has 2 amide bonds. The van der Waals surface area contributed by atoms with E-state index in [-0.39, 0.29) is 23.8 Å². The van der Waals surface area contributed by atoms with E-state index in [0.717, 1.165) is 0 Å². The van der Waals surface area contributed by atoms with Gasteiger partial charge in [0.05, 0.1) is 0 Å². The number of rotatable bonds is 2. The number of hydrogen-bond donors (Lipinski definition) is 1. The maximum absolute atomic E-state index is 12.0. The summed E-state index contributed by atoms with van der Waals surface area (Å²) in [7, 11) is 0. The number of hydrogen-bond acceptors (Lipinski definition) is 4. The van der Waals surface area contributed by atoms with E-state index in [0.29, 0.717) is 30.6 Å². The zero-order valence-corrected chi connectivity index (χ0v) is 14.6. The van der Waals surface area contributed by atoms with E-state index < -0.39 is 5.60 Å². The van der Waals surface area contributed by atoms with Crippen molar-refractivity contribution in [3.8, 4) is 0 Å². The Labute approximate surface area is 138 Å². The normalized spacial score (nSPS) is 16.5. The molecular weight excluding hydrogens is 352 g/mol. The number of ether oxygens (including phenoxy) is 1. The molecule has 122 valence electrons. The third-order valence-electron chi connectivity index (χ3n) is 3.28. The molecule has 0 unspecified atom stereocenters. The molecule has 0 aromatic carbocycles. The molecule has 1 aliphatic rings. The highest BCUT2D eigenvalue weighted by atomic mass is 79.9. The first-order valence-electron chi connectivity index (χ1n) is 7.29. The predicted octanol–water partition coefficient (Wildman–Crippen LogP) is 3.17. The molecule has 0 radical (unpaired) electrons. The van der Waals surface area contributed by atoms with Crippen molar-refractivity contribution < 1.29 is 18.7 Å². The van der Waals surface area contributed by atoms with Crippen LogP contribution in [0.5, 0.6) is 0 Å². The molecular formula is C15H21BrN2O4. The van der Waals surface area contributed by atoms with E-state index in [1.807, 2.05) is 20.8 Å². The van der Waals surface area contributed by atoms with E-state index in [9.17, 15) is 9.59 Å². The molecule has 0 spiro atoms. The predicted molar refractivity (Wildman–Crippen MR) is 84.7 cm³/mol. The minimum atomic E-state index is -0.491. The molecule has 0 bridgehead atoms. The number of halogens is 1. The fourth-order valence-electron chi connectivity index (χ4n) is 2.23. The second-order valence-corrected chi connectivity index (χ2v) is 7.10. The second-order valence-electron chi connectivity index (χ2n) is 6.32.